The number of nitrogens with zero attached hydrogens (tertiary/aromatic N) is 3. The number of amidine groups is 1. The van der Waals surface area contributed by atoms with Crippen LogP contribution in [0.25, 0.3) is 0 Å². The minimum absolute atomic E-state index is 0.0770. The molecule has 3 rings (SSSR count). The summed E-state index contributed by atoms with van der Waals surface area (Å²) >= 11 is 0. The predicted molar refractivity (Wildman–Crippen MR) is 111 cm³/mol. The predicted octanol–water partition coefficient (Wildman–Crippen LogP) is 2.60. The first kappa shape index (κ1) is 19.3. The number of aliphatic hydroxyl groups is 1. The molecular formula is C21H29N5O. The molecule has 2 heterocycles. The average molecular weight is 367 g/mol. The van der Waals surface area contributed by atoms with Gasteiger partial charge in [0.2, 0.25) is 0 Å². The zero-order chi connectivity index (χ0) is 19.4. The van der Waals surface area contributed by atoms with E-state index in [1.807, 2.05) is 42.2 Å². The van der Waals surface area contributed by atoms with E-state index in [0.29, 0.717) is 17.5 Å². The van der Waals surface area contributed by atoms with Crippen LogP contribution in [-0.2, 0) is 0 Å². The lowest BCUT2D eigenvalue weighted by Crippen LogP contribution is -2.54. The van der Waals surface area contributed by atoms with Crippen molar-refractivity contribution in [3.8, 4) is 0 Å². The minimum Gasteiger partial charge on any atom is -0.396 e. The first-order chi connectivity index (χ1) is 13.0. The number of hydrogen-bond donors (Lipinski definition) is 3. The summed E-state index contributed by atoms with van der Waals surface area (Å²) in [5.74, 6) is 1.66. The fourth-order valence-electron chi connectivity index (χ4n) is 3.61. The third-order valence-electron chi connectivity index (χ3n) is 5.54. The van der Waals surface area contributed by atoms with Gasteiger partial charge in [-0.3, -0.25) is 5.41 Å². The molecule has 1 aliphatic carbocycles. The largest absolute Gasteiger partial charge is 0.396 e. The fourth-order valence-corrected chi connectivity index (χ4v) is 3.61. The van der Waals surface area contributed by atoms with E-state index in [9.17, 15) is 5.11 Å². The third-order valence-corrected chi connectivity index (χ3v) is 5.54. The highest BCUT2D eigenvalue weighted by atomic mass is 16.3. The number of aliphatic hydroxyl groups excluding tert-OH is 1. The highest BCUT2D eigenvalue weighted by Crippen LogP contribution is 2.25. The lowest BCUT2D eigenvalue weighted by atomic mass is 9.91. The number of piperidine rings is 1. The van der Waals surface area contributed by atoms with E-state index in [1.165, 1.54) is 0 Å². The second kappa shape index (κ2) is 8.48. The summed E-state index contributed by atoms with van der Waals surface area (Å²) in [6.45, 7) is 9.17. The molecule has 27 heavy (non-hydrogen) atoms. The average Bonchev–Trinajstić information content (AvgIpc) is 2.66. The van der Waals surface area contributed by atoms with Gasteiger partial charge < -0.3 is 20.3 Å². The van der Waals surface area contributed by atoms with Gasteiger partial charge in [-0.15, -0.1) is 0 Å². The van der Waals surface area contributed by atoms with Crippen molar-refractivity contribution in [3.05, 3.63) is 48.4 Å². The van der Waals surface area contributed by atoms with E-state index in [2.05, 4.69) is 11.5 Å². The van der Waals surface area contributed by atoms with Crippen LogP contribution in [0.4, 0.5) is 0 Å². The van der Waals surface area contributed by atoms with E-state index in [0.717, 1.165) is 56.1 Å². The maximum Gasteiger partial charge on any atom is 0.142 e. The van der Waals surface area contributed by atoms with Crippen molar-refractivity contribution in [1.82, 2.24) is 9.80 Å². The van der Waals surface area contributed by atoms with Crippen molar-refractivity contribution in [2.75, 3.05) is 32.8 Å². The summed E-state index contributed by atoms with van der Waals surface area (Å²) < 4.78 is 0. The molecule has 6 heteroatoms. The van der Waals surface area contributed by atoms with Gasteiger partial charge in [0.25, 0.3) is 0 Å². The molecule has 0 radical (unpaired) electrons. The zero-order valence-corrected chi connectivity index (χ0v) is 16.0. The van der Waals surface area contributed by atoms with Gasteiger partial charge in [0.1, 0.15) is 11.7 Å². The SMILES string of the molecule is C=C1C=CC=CC1=N/C(=C\C)N1CC(C(=N)C(=N)N2CCC(CO)CC2)C1. The Balaban J connectivity index is 1.53. The Morgan fingerprint density at radius 3 is 2.48 bits per heavy atom. The summed E-state index contributed by atoms with van der Waals surface area (Å²) in [7, 11) is 0. The van der Waals surface area contributed by atoms with Gasteiger partial charge in [-0.25, -0.2) is 4.99 Å². The van der Waals surface area contributed by atoms with Crippen LogP contribution in [0, 0.1) is 22.7 Å². The van der Waals surface area contributed by atoms with Gasteiger partial charge in [-0.05, 0) is 43.4 Å². The topological polar surface area (TPSA) is 86.8 Å². The van der Waals surface area contributed by atoms with Crippen LogP contribution in [0.2, 0.25) is 0 Å². The monoisotopic (exact) mass is 367 g/mol. The van der Waals surface area contributed by atoms with Crippen LogP contribution in [-0.4, -0.2) is 65.0 Å². The first-order valence-electron chi connectivity index (χ1n) is 9.60. The molecule has 0 bridgehead atoms. The molecule has 2 aliphatic heterocycles. The lowest BCUT2D eigenvalue weighted by molar-refractivity contribution is 0.165. The Hall–Kier alpha value is -2.47. The minimum atomic E-state index is 0.0770. The molecule has 6 nitrogen and oxygen atoms in total. The summed E-state index contributed by atoms with van der Waals surface area (Å²) in [5, 5.41) is 26.1. The molecule has 2 fully saturated rings. The van der Waals surface area contributed by atoms with Crippen LogP contribution in [0.1, 0.15) is 19.8 Å². The van der Waals surface area contributed by atoms with E-state index < -0.39 is 0 Å². The van der Waals surface area contributed by atoms with E-state index in [1.54, 1.807) is 0 Å². The quantitative estimate of drug-likeness (QED) is 0.516. The fraction of sp³-hybridized carbons (Fsp3) is 0.476. The molecule has 144 valence electrons. The molecule has 0 unspecified atom stereocenters. The van der Waals surface area contributed by atoms with Crippen LogP contribution in [0.15, 0.2) is 53.3 Å². The van der Waals surface area contributed by atoms with Gasteiger partial charge in [-0.1, -0.05) is 24.8 Å². The maximum absolute atomic E-state index is 9.25. The molecule has 0 amide bonds. The van der Waals surface area contributed by atoms with Crippen LogP contribution < -0.4 is 0 Å². The highest BCUT2D eigenvalue weighted by molar-refractivity contribution is 6.39. The summed E-state index contributed by atoms with van der Waals surface area (Å²) in [6, 6.07) is 0. The van der Waals surface area contributed by atoms with Gasteiger partial charge in [0.15, 0.2) is 0 Å². The van der Waals surface area contributed by atoms with E-state index in [4.69, 9.17) is 15.8 Å². The lowest BCUT2D eigenvalue weighted by Gasteiger charge is -2.43. The number of nitrogens with one attached hydrogen (secondary N) is 2. The molecule has 0 aromatic rings. The first-order valence-corrected chi connectivity index (χ1v) is 9.60. The molecule has 0 atom stereocenters. The molecular weight excluding hydrogens is 338 g/mol. The van der Waals surface area contributed by atoms with E-state index in [-0.39, 0.29) is 12.5 Å². The normalized spacial score (nSPS) is 23.1. The van der Waals surface area contributed by atoms with Crippen LogP contribution in [0.5, 0.6) is 0 Å². The Labute approximate surface area is 161 Å². The molecule has 0 saturated carbocycles. The Morgan fingerprint density at radius 2 is 1.89 bits per heavy atom. The van der Waals surface area contributed by atoms with Gasteiger partial charge in [-0.2, -0.15) is 0 Å². The smallest absolute Gasteiger partial charge is 0.142 e. The summed E-state index contributed by atoms with van der Waals surface area (Å²) in [6.07, 6.45) is 11.6. The Kier molecular flexibility index (Phi) is 6.06. The number of allylic oxidation sites excluding steroid dienone is 6. The third kappa shape index (κ3) is 4.27. The number of aliphatic imine (C=N–C) groups is 1. The second-order valence-corrected chi connectivity index (χ2v) is 7.36. The van der Waals surface area contributed by atoms with Gasteiger partial charge >= 0.3 is 0 Å². The molecule has 0 spiro atoms. The van der Waals surface area contributed by atoms with Crippen molar-refractivity contribution in [2.24, 2.45) is 16.8 Å². The Morgan fingerprint density at radius 1 is 1.22 bits per heavy atom. The highest BCUT2D eigenvalue weighted by Gasteiger charge is 2.35. The van der Waals surface area contributed by atoms with Crippen LogP contribution >= 0.6 is 0 Å². The molecule has 0 aromatic carbocycles. The summed E-state index contributed by atoms with van der Waals surface area (Å²) in [5.41, 5.74) is 2.18. The van der Waals surface area contributed by atoms with E-state index >= 15 is 0 Å². The number of rotatable bonds is 5. The Bertz CT molecular complexity index is 732. The zero-order valence-electron chi connectivity index (χ0n) is 16.0. The number of hydrogen-bond acceptors (Lipinski definition) is 5. The molecule has 3 N–H and O–H groups in total. The molecule has 0 aromatic heterocycles. The van der Waals surface area contributed by atoms with Crippen molar-refractivity contribution >= 4 is 17.3 Å². The summed E-state index contributed by atoms with van der Waals surface area (Å²) in [4.78, 5) is 8.84. The maximum atomic E-state index is 9.25. The van der Waals surface area contributed by atoms with Crippen molar-refractivity contribution in [2.45, 2.75) is 19.8 Å². The number of likely N-dealkylation sites (tertiary alicyclic amines) is 2. The molecule has 3 aliphatic rings. The van der Waals surface area contributed by atoms with Gasteiger partial charge in [0.05, 0.1) is 11.4 Å². The van der Waals surface area contributed by atoms with Crippen LogP contribution in [0.3, 0.4) is 0 Å². The second-order valence-electron chi connectivity index (χ2n) is 7.36. The van der Waals surface area contributed by atoms with Crippen molar-refractivity contribution in [1.29, 1.82) is 10.8 Å². The standard InChI is InChI=1S/C21H29N5O/c1-3-19(24-18-7-5-4-6-15(18)2)26-12-17(13-26)20(22)21(23)25-10-8-16(14-27)9-11-25/h3-7,16-17,22-23,27H,2,8-14H2,1H3/b19-3+,22-20?,23-21?,24-18?. The van der Waals surface area contributed by atoms with Gasteiger partial charge in [0, 0.05) is 38.7 Å². The van der Waals surface area contributed by atoms with Crippen molar-refractivity contribution < 1.29 is 5.11 Å². The molecule has 2 saturated heterocycles. The van der Waals surface area contributed by atoms with Crippen molar-refractivity contribution in [3.63, 3.8) is 0 Å².